The van der Waals surface area contributed by atoms with E-state index in [1.165, 1.54) is 64.0 Å². The molecule has 0 spiro atoms. The van der Waals surface area contributed by atoms with Gasteiger partial charge >= 0.3 is 0 Å². The number of hydrogen-bond donors (Lipinski definition) is 0. The molecule has 0 unspecified atom stereocenters. The molecule has 108 valence electrons. The lowest BCUT2D eigenvalue weighted by Crippen LogP contribution is -2.24. The molecule has 0 fully saturated rings. The Bertz CT molecular complexity index is 330. The number of rotatable bonds is 11. The number of halogens is 1. The van der Waals surface area contributed by atoms with Crippen molar-refractivity contribution in [2.45, 2.75) is 64.2 Å². The van der Waals surface area contributed by atoms with Crippen molar-refractivity contribution in [2.24, 2.45) is 0 Å². The number of aryl methyl sites for hydroxylation is 1. The van der Waals surface area contributed by atoms with Gasteiger partial charge in [-0.1, -0.05) is 44.9 Å². The Morgan fingerprint density at radius 3 is 2.05 bits per heavy atom. The zero-order chi connectivity index (χ0) is 13.8. The maximum Gasteiger partial charge on any atom is 0.183 e. The van der Waals surface area contributed by atoms with Crippen molar-refractivity contribution in [3.8, 4) is 0 Å². The lowest BCUT2D eigenvalue weighted by atomic mass is 10.0. The summed E-state index contributed by atoms with van der Waals surface area (Å²) in [5.41, 5.74) is 1.15. The maximum absolute atomic E-state index is 11.1. The van der Waals surface area contributed by atoms with E-state index in [4.69, 9.17) is 11.6 Å². The van der Waals surface area contributed by atoms with Crippen molar-refractivity contribution in [1.29, 1.82) is 0 Å². The predicted octanol–water partition coefficient (Wildman–Crippen LogP) is 4.61. The van der Waals surface area contributed by atoms with E-state index in [1.54, 1.807) is 6.20 Å². The molecule has 0 bridgehead atoms. The molecule has 0 radical (unpaired) electrons. The van der Waals surface area contributed by atoms with E-state index >= 15 is 0 Å². The number of nitrogens with zero attached hydrogens (tertiary/aromatic N) is 1. The summed E-state index contributed by atoms with van der Waals surface area (Å²) in [6.45, 7) is 0. The van der Waals surface area contributed by atoms with Crippen molar-refractivity contribution < 1.29 is 4.73 Å². The van der Waals surface area contributed by atoms with Crippen LogP contribution in [-0.2, 0) is 6.42 Å². The Kier molecular flexibility index (Phi) is 9.52. The van der Waals surface area contributed by atoms with E-state index < -0.39 is 0 Å². The lowest BCUT2D eigenvalue weighted by molar-refractivity contribution is -0.605. The normalized spacial score (nSPS) is 10.8. The second-order valence-corrected chi connectivity index (χ2v) is 5.57. The summed E-state index contributed by atoms with van der Waals surface area (Å²) in [6, 6.07) is 3.86. The Hall–Kier alpha value is -0.760. The van der Waals surface area contributed by atoms with E-state index in [0.717, 1.165) is 22.6 Å². The van der Waals surface area contributed by atoms with Crippen molar-refractivity contribution >= 4 is 11.6 Å². The fourth-order valence-corrected chi connectivity index (χ4v) is 2.50. The minimum atomic E-state index is 0.808. The van der Waals surface area contributed by atoms with Crippen LogP contribution in [0.15, 0.2) is 24.5 Å². The lowest BCUT2D eigenvalue weighted by Gasteiger charge is -2.03. The topological polar surface area (TPSA) is 26.9 Å². The predicted molar refractivity (Wildman–Crippen MR) is 81.4 cm³/mol. The highest BCUT2D eigenvalue weighted by Gasteiger charge is 1.97. The van der Waals surface area contributed by atoms with Gasteiger partial charge in [-0.25, -0.2) is 0 Å². The van der Waals surface area contributed by atoms with Gasteiger partial charge in [-0.05, 0) is 25.3 Å². The van der Waals surface area contributed by atoms with Crippen molar-refractivity contribution in [3.63, 3.8) is 0 Å². The Balaban J connectivity index is 1.89. The first kappa shape index (κ1) is 16.3. The first-order chi connectivity index (χ1) is 9.33. The van der Waals surface area contributed by atoms with Crippen LogP contribution in [0.1, 0.15) is 63.4 Å². The molecule has 0 aromatic carbocycles. The third-order valence-electron chi connectivity index (χ3n) is 3.44. The molecule has 0 atom stereocenters. The fourth-order valence-electron chi connectivity index (χ4n) is 2.31. The summed E-state index contributed by atoms with van der Waals surface area (Å²) in [6.07, 6.45) is 15.9. The van der Waals surface area contributed by atoms with Gasteiger partial charge in [0.1, 0.15) is 0 Å². The molecule has 2 nitrogen and oxygen atoms in total. The van der Waals surface area contributed by atoms with Crippen LogP contribution in [0.5, 0.6) is 0 Å². The maximum atomic E-state index is 11.1. The summed E-state index contributed by atoms with van der Waals surface area (Å²) in [7, 11) is 0. The SMILES string of the molecule is [O-][n+]1cccc(CCCCCCCCCCCCl)c1. The van der Waals surface area contributed by atoms with Crippen molar-refractivity contribution in [1.82, 2.24) is 0 Å². The molecule has 19 heavy (non-hydrogen) atoms. The highest BCUT2D eigenvalue weighted by atomic mass is 35.5. The quantitative estimate of drug-likeness (QED) is 0.252. The monoisotopic (exact) mass is 283 g/mol. The molecular weight excluding hydrogens is 258 g/mol. The number of unbranched alkanes of at least 4 members (excludes halogenated alkanes) is 8. The van der Waals surface area contributed by atoms with Gasteiger partial charge in [0.15, 0.2) is 12.4 Å². The second kappa shape index (κ2) is 11.1. The zero-order valence-corrected chi connectivity index (χ0v) is 12.6. The first-order valence-corrected chi connectivity index (χ1v) is 8.10. The summed E-state index contributed by atoms with van der Waals surface area (Å²) < 4.78 is 0.885. The smallest absolute Gasteiger partial charge is 0.183 e. The Morgan fingerprint density at radius 2 is 1.47 bits per heavy atom. The van der Waals surface area contributed by atoms with Crippen LogP contribution in [0.3, 0.4) is 0 Å². The molecule has 0 aliphatic carbocycles. The average Bonchev–Trinajstić information content (AvgIpc) is 2.41. The molecule has 1 rings (SSSR count). The molecule has 3 heteroatoms. The molecule has 1 heterocycles. The van der Waals surface area contributed by atoms with Gasteiger partial charge in [0.2, 0.25) is 0 Å². The third-order valence-corrected chi connectivity index (χ3v) is 3.70. The van der Waals surface area contributed by atoms with Gasteiger partial charge < -0.3 is 5.21 Å². The average molecular weight is 284 g/mol. The summed E-state index contributed by atoms with van der Waals surface area (Å²) in [5, 5.41) is 11.1. The third kappa shape index (κ3) is 8.88. The van der Waals surface area contributed by atoms with Crippen molar-refractivity contribution in [3.05, 3.63) is 35.3 Å². The van der Waals surface area contributed by atoms with E-state index in [0.29, 0.717) is 0 Å². The van der Waals surface area contributed by atoms with Crippen LogP contribution >= 0.6 is 11.6 Å². The zero-order valence-electron chi connectivity index (χ0n) is 11.8. The second-order valence-electron chi connectivity index (χ2n) is 5.19. The number of alkyl halides is 1. The van der Waals surface area contributed by atoms with E-state index in [1.807, 2.05) is 12.1 Å². The van der Waals surface area contributed by atoms with Crippen molar-refractivity contribution in [2.75, 3.05) is 5.88 Å². The molecule has 1 aromatic rings. The van der Waals surface area contributed by atoms with Crippen LogP contribution in [0.2, 0.25) is 0 Å². The van der Waals surface area contributed by atoms with E-state index in [-0.39, 0.29) is 0 Å². The molecule has 0 N–H and O–H groups in total. The van der Waals surface area contributed by atoms with Gasteiger partial charge in [0.05, 0.1) is 0 Å². The molecule has 0 amide bonds. The van der Waals surface area contributed by atoms with Gasteiger partial charge in [-0.2, -0.15) is 4.73 Å². The highest BCUT2D eigenvalue weighted by molar-refractivity contribution is 6.17. The largest absolute Gasteiger partial charge is 0.619 e. The van der Waals surface area contributed by atoms with Gasteiger partial charge in [-0.15, -0.1) is 11.6 Å². The summed E-state index contributed by atoms with van der Waals surface area (Å²) in [4.78, 5) is 0. The van der Waals surface area contributed by atoms with Crippen LogP contribution in [0, 0.1) is 5.21 Å². The highest BCUT2D eigenvalue weighted by Crippen LogP contribution is 2.11. The number of hydrogen-bond acceptors (Lipinski definition) is 1. The van der Waals surface area contributed by atoms with E-state index in [2.05, 4.69) is 0 Å². The van der Waals surface area contributed by atoms with Gasteiger partial charge in [0.25, 0.3) is 0 Å². The minimum Gasteiger partial charge on any atom is -0.619 e. The molecule has 0 saturated carbocycles. The molecule has 0 aliphatic heterocycles. The fraction of sp³-hybridized carbons (Fsp3) is 0.688. The number of pyridine rings is 1. The molecule has 1 aromatic heterocycles. The Morgan fingerprint density at radius 1 is 0.895 bits per heavy atom. The van der Waals surface area contributed by atoms with Crippen LogP contribution < -0.4 is 4.73 Å². The standard InChI is InChI=1S/C16H26ClNO/c17-13-9-7-5-3-1-2-4-6-8-11-16-12-10-14-18(19)15-16/h10,12,14-15H,1-9,11,13H2. The molecular formula is C16H26ClNO. The van der Waals surface area contributed by atoms with Crippen LogP contribution in [-0.4, -0.2) is 5.88 Å². The number of aromatic nitrogens is 1. The molecule has 0 aliphatic rings. The van der Waals surface area contributed by atoms with E-state index in [9.17, 15) is 5.21 Å². The Labute approximate surface area is 122 Å². The summed E-state index contributed by atoms with van der Waals surface area (Å²) in [5.74, 6) is 0.808. The van der Waals surface area contributed by atoms with Crippen LogP contribution in [0.4, 0.5) is 0 Å². The molecule has 0 saturated heterocycles. The summed E-state index contributed by atoms with van der Waals surface area (Å²) >= 11 is 5.64. The van der Waals surface area contributed by atoms with Crippen LogP contribution in [0.25, 0.3) is 0 Å². The minimum absolute atomic E-state index is 0.808. The van der Waals surface area contributed by atoms with Gasteiger partial charge in [-0.3, -0.25) is 0 Å². The first-order valence-electron chi connectivity index (χ1n) is 7.56. The van der Waals surface area contributed by atoms with Gasteiger partial charge in [0, 0.05) is 17.5 Å².